The molecule has 0 bridgehead atoms. The molecule has 0 saturated carbocycles. The van der Waals surface area contributed by atoms with Gasteiger partial charge < -0.3 is 19.9 Å². The second kappa shape index (κ2) is 7.61. The van der Waals surface area contributed by atoms with Crippen molar-refractivity contribution in [1.29, 1.82) is 0 Å². The predicted octanol–water partition coefficient (Wildman–Crippen LogP) is 0.996. The van der Waals surface area contributed by atoms with E-state index in [0.717, 1.165) is 11.3 Å². The SMILES string of the molecule is CC[C@H](OC(C)=O)[C@@H]1C[C@@H](OC(C)=O)C(n2c(=O)sc3cnc(N)nc32)O1. The first kappa shape index (κ1) is 19.2. The fraction of sp³-hybridized carbons (Fsp3) is 0.562. The van der Waals surface area contributed by atoms with Gasteiger partial charge in [0.2, 0.25) is 5.95 Å². The largest absolute Gasteiger partial charge is 0.460 e. The average Bonchev–Trinajstić information content (AvgIpc) is 3.11. The van der Waals surface area contributed by atoms with Gasteiger partial charge >= 0.3 is 16.8 Å². The Morgan fingerprint density at radius 2 is 2.19 bits per heavy atom. The number of carbonyl (C=O) groups excluding carboxylic acids is 2. The van der Waals surface area contributed by atoms with Crippen molar-refractivity contribution in [2.24, 2.45) is 0 Å². The predicted molar refractivity (Wildman–Crippen MR) is 96.0 cm³/mol. The zero-order valence-electron chi connectivity index (χ0n) is 15.1. The topological polar surface area (TPSA) is 136 Å². The van der Waals surface area contributed by atoms with Crippen molar-refractivity contribution >= 4 is 39.6 Å². The Morgan fingerprint density at radius 1 is 1.44 bits per heavy atom. The standard InChI is InChI=1S/C16H20N4O6S/c1-4-9(24-7(2)21)10-5-11(25-8(3)22)14(26-10)20-13-12(27-16(20)23)6-18-15(17)19-13/h6,9-11,14H,4-5H2,1-3H3,(H2,17,18,19)/t9-,10-,11+,14?/m0/s1. The van der Waals surface area contributed by atoms with Crippen molar-refractivity contribution in [2.45, 2.75) is 58.2 Å². The lowest BCUT2D eigenvalue weighted by Crippen LogP contribution is -2.31. The molecule has 0 radical (unpaired) electrons. The Kier molecular flexibility index (Phi) is 5.42. The number of nitrogens with two attached hydrogens (primary N) is 1. The maximum absolute atomic E-state index is 12.6. The van der Waals surface area contributed by atoms with Gasteiger partial charge in [0.1, 0.15) is 18.3 Å². The normalized spacial score (nSPS) is 23.3. The molecule has 1 aliphatic heterocycles. The Labute approximate surface area is 158 Å². The van der Waals surface area contributed by atoms with E-state index < -0.39 is 36.5 Å². The molecule has 27 heavy (non-hydrogen) atoms. The van der Waals surface area contributed by atoms with E-state index in [-0.39, 0.29) is 17.2 Å². The Hall–Kier alpha value is -2.53. The number of ether oxygens (including phenoxy) is 3. The van der Waals surface area contributed by atoms with Gasteiger partial charge in [-0.05, 0) is 6.42 Å². The number of rotatable bonds is 5. The van der Waals surface area contributed by atoms with Crippen LogP contribution in [0.4, 0.5) is 5.95 Å². The molecular formula is C16H20N4O6S. The maximum Gasteiger partial charge on any atom is 0.311 e. The molecular weight excluding hydrogens is 376 g/mol. The van der Waals surface area contributed by atoms with E-state index in [1.807, 2.05) is 6.92 Å². The lowest BCUT2D eigenvalue weighted by atomic mass is 10.1. The van der Waals surface area contributed by atoms with Crippen molar-refractivity contribution in [1.82, 2.24) is 14.5 Å². The summed E-state index contributed by atoms with van der Waals surface area (Å²) in [5, 5.41) is 0. The van der Waals surface area contributed by atoms with Crippen LogP contribution >= 0.6 is 11.3 Å². The van der Waals surface area contributed by atoms with Crippen LogP contribution in [0.25, 0.3) is 10.3 Å². The van der Waals surface area contributed by atoms with E-state index in [9.17, 15) is 14.4 Å². The van der Waals surface area contributed by atoms with Crippen LogP contribution in [0.2, 0.25) is 0 Å². The monoisotopic (exact) mass is 396 g/mol. The quantitative estimate of drug-likeness (QED) is 0.734. The average molecular weight is 396 g/mol. The number of fused-ring (bicyclic) bond motifs is 1. The Balaban J connectivity index is 2.00. The number of thiazole rings is 1. The molecule has 0 aromatic carbocycles. The second-order valence-corrected chi connectivity index (χ2v) is 7.15. The molecule has 10 nitrogen and oxygen atoms in total. The van der Waals surface area contributed by atoms with Crippen molar-refractivity contribution in [2.75, 3.05) is 5.73 Å². The van der Waals surface area contributed by atoms with Gasteiger partial charge in [-0.25, -0.2) is 4.98 Å². The Morgan fingerprint density at radius 3 is 2.81 bits per heavy atom. The molecule has 0 aliphatic carbocycles. The zero-order valence-corrected chi connectivity index (χ0v) is 15.9. The third-order valence-corrected chi connectivity index (χ3v) is 5.06. The van der Waals surface area contributed by atoms with E-state index >= 15 is 0 Å². The summed E-state index contributed by atoms with van der Waals surface area (Å²) in [6, 6.07) is 0. The van der Waals surface area contributed by atoms with Gasteiger partial charge in [-0.2, -0.15) is 4.98 Å². The molecule has 4 atom stereocenters. The van der Waals surface area contributed by atoms with E-state index in [4.69, 9.17) is 19.9 Å². The van der Waals surface area contributed by atoms with E-state index in [0.29, 0.717) is 16.8 Å². The minimum Gasteiger partial charge on any atom is -0.460 e. The summed E-state index contributed by atoms with van der Waals surface area (Å²) >= 11 is 0.942. The molecule has 146 valence electrons. The molecule has 3 heterocycles. The van der Waals surface area contributed by atoms with E-state index in [1.165, 1.54) is 24.6 Å². The highest BCUT2D eigenvalue weighted by atomic mass is 32.1. The van der Waals surface area contributed by atoms with Gasteiger partial charge in [0.15, 0.2) is 11.9 Å². The van der Waals surface area contributed by atoms with Gasteiger partial charge in [0.25, 0.3) is 0 Å². The molecule has 2 N–H and O–H groups in total. The highest BCUT2D eigenvalue weighted by Gasteiger charge is 2.44. The summed E-state index contributed by atoms with van der Waals surface area (Å²) in [6.45, 7) is 4.45. The van der Waals surface area contributed by atoms with Crippen molar-refractivity contribution in [3.05, 3.63) is 15.9 Å². The van der Waals surface area contributed by atoms with Crippen LogP contribution in [0.1, 0.15) is 39.8 Å². The second-order valence-electron chi connectivity index (χ2n) is 6.16. The van der Waals surface area contributed by atoms with Crippen molar-refractivity contribution in [3.8, 4) is 0 Å². The molecule has 3 rings (SSSR count). The van der Waals surface area contributed by atoms with E-state index in [2.05, 4.69) is 9.97 Å². The number of hydrogen-bond donors (Lipinski definition) is 1. The van der Waals surface area contributed by atoms with Crippen LogP contribution < -0.4 is 10.6 Å². The lowest BCUT2D eigenvalue weighted by Gasteiger charge is -2.22. The van der Waals surface area contributed by atoms with Crippen molar-refractivity contribution in [3.63, 3.8) is 0 Å². The third-order valence-electron chi connectivity index (χ3n) is 4.18. The van der Waals surface area contributed by atoms with Crippen LogP contribution in [-0.4, -0.2) is 44.8 Å². The molecule has 1 unspecified atom stereocenters. The Bertz CT molecular complexity index is 925. The number of hydrogen-bond acceptors (Lipinski definition) is 10. The maximum atomic E-state index is 12.6. The smallest absolute Gasteiger partial charge is 0.311 e. The molecule has 1 fully saturated rings. The number of nitrogens with zero attached hydrogens (tertiary/aromatic N) is 3. The van der Waals surface area contributed by atoms with Crippen LogP contribution in [0, 0.1) is 0 Å². The minimum absolute atomic E-state index is 0.0129. The number of aromatic nitrogens is 3. The van der Waals surface area contributed by atoms with Gasteiger partial charge in [-0.3, -0.25) is 19.0 Å². The van der Waals surface area contributed by atoms with Gasteiger partial charge in [-0.15, -0.1) is 0 Å². The third kappa shape index (κ3) is 3.93. The van der Waals surface area contributed by atoms with Crippen LogP contribution in [-0.2, 0) is 23.8 Å². The number of anilines is 1. The first-order chi connectivity index (χ1) is 12.8. The molecule has 1 saturated heterocycles. The van der Waals surface area contributed by atoms with Crippen molar-refractivity contribution < 1.29 is 23.8 Å². The van der Waals surface area contributed by atoms with E-state index in [1.54, 1.807) is 0 Å². The summed E-state index contributed by atoms with van der Waals surface area (Å²) in [5.41, 5.74) is 5.96. The summed E-state index contributed by atoms with van der Waals surface area (Å²) in [5.74, 6) is -0.924. The van der Waals surface area contributed by atoms with Gasteiger partial charge in [-0.1, -0.05) is 18.3 Å². The number of esters is 2. The fourth-order valence-electron chi connectivity index (χ4n) is 3.16. The summed E-state index contributed by atoms with van der Waals surface area (Å²) in [7, 11) is 0. The fourth-order valence-corrected chi connectivity index (χ4v) is 3.98. The molecule has 1 aliphatic rings. The first-order valence-electron chi connectivity index (χ1n) is 8.43. The van der Waals surface area contributed by atoms with Crippen LogP contribution in [0.3, 0.4) is 0 Å². The molecule has 2 aromatic heterocycles. The lowest BCUT2D eigenvalue weighted by molar-refractivity contribution is -0.158. The summed E-state index contributed by atoms with van der Waals surface area (Å²) < 4.78 is 18.5. The molecule has 2 aromatic rings. The summed E-state index contributed by atoms with van der Waals surface area (Å²) in [4.78, 5) is 43.1. The highest BCUT2D eigenvalue weighted by Crippen LogP contribution is 2.36. The number of carbonyl (C=O) groups is 2. The molecule has 0 spiro atoms. The van der Waals surface area contributed by atoms with Gasteiger partial charge in [0, 0.05) is 20.3 Å². The first-order valence-corrected chi connectivity index (χ1v) is 9.25. The van der Waals surface area contributed by atoms with Crippen LogP contribution in [0.15, 0.2) is 11.0 Å². The highest BCUT2D eigenvalue weighted by molar-refractivity contribution is 7.16. The van der Waals surface area contributed by atoms with Crippen LogP contribution in [0.5, 0.6) is 0 Å². The minimum atomic E-state index is -0.904. The summed E-state index contributed by atoms with van der Waals surface area (Å²) in [6.07, 6.45) is -0.442. The van der Waals surface area contributed by atoms with Gasteiger partial charge in [0.05, 0.1) is 10.9 Å². The molecule has 11 heteroatoms. The number of nitrogen functional groups attached to an aromatic ring is 1. The molecule has 0 amide bonds. The zero-order chi connectivity index (χ0) is 19.7.